The van der Waals surface area contributed by atoms with Crippen molar-refractivity contribution in [2.24, 2.45) is 0 Å². The van der Waals surface area contributed by atoms with Crippen molar-refractivity contribution in [1.82, 2.24) is 4.90 Å². The number of hydrogen-bond acceptors (Lipinski definition) is 4. The molecule has 2 rings (SSSR count). The van der Waals surface area contributed by atoms with E-state index in [4.69, 9.17) is 10.5 Å². The average molecular weight is 291 g/mol. The van der Waals surface area contributed by atoms with Gasteiger partial charge >= 0.3 is 0 Å². The molecule has 0 bridgehead atoms. The topological polar surface area (TPSA) is 67.6 Å². The largest absolute Gasteiger partial charge is 0.399 e. The van der Waals surface area contributed by atoms with Crippen molar-refractivity contribution in [2.45, 2.75) is 38.9 Å². The minimum Gasteiger partial charge on any atom is -0.399 e. The monoisotopic (exact) mass is 291 g/mol. The molecule has 1 amide bonds. The number of nitrogens with zero attached hydrogens (tertiary/aromatic N) is 1. The van der Waals surface area contributed by atoms with Crippen LogP contribution in [0.4, 0.5) is 11.4 Å². The molecular weight excluding hydrogens is 266 g/mol. The predicted octanol–water partition coefficient (Wildman–Crippen LogP) is 2.10. The van der Waals surface area contributed by atoms with Gasteiger partial charge in [0, 0.05) is 24.5 Å². The third kappa shape index (κ3) is 4.72. The van der Waals surface area contributed by atoms with E-state index in [0.29, 0.717) is 12.2 Å². The van der Waals surface area contributed by atoms with Crippen molar-refractivity contribution in [3.63, 3.8) is 0 Å². The lowest BCUT2D eigenvalue weighted by Crippen LogP contribution is -2.58. The quantitative estimate of drug-likeness (QED) is 0.837. The van der Waals surface area contributed by atoms with E-state index in [9.17, 15) is 4.79 Å². The van der Waals surface area contributed by atoms with E-state index in [2.05, 4.69) is 37.9 Å². The molecule has 5 nitrogen and oxygen atoms in total. The average Bonchev–Trinajstić information content (AvgIpc) is 2.27. The van der Waals surface area contributed by atoms with Gasteiger partial charge in [-0.3, -0.25) is 9.69 Å². The summed E-state index contributed by atoms with van der Waals surface area (Å²) in [5.41, 5.74) is 6.59. The zero-order valence-corrected chi connectivity index (χ0v) is 13.3. The summed E-state index contributed by atoms with van der Waals surface area (Å²) in [6.45, 7) is 10.1. The number of nitrogens with two attached hydrogens (primary N) is 1. The predicted molar refractivity (Wildman–Crippen MR) is 85.2 cm³/mol. The van der Waals surface area contributed by atoms with Gasteiger partial charge in [-0.25, -0.2) is 0 Å². The molecule has 116 valence electrons. The van der Waals surface area contributed by atoms with Crippen molar-refractivity contribution in [3.05, 3.63) is 24.3 Å². The van der Waals surface area contributed by atoms with Gasteiger partial charge in [-0.15, -0.1) is 0 Å². The maximum absolute atomic E-state index is 12.2. The van der Waals surface area contributed by atoms with E-state index in [1.807, 2.05) is 0 Å². The molecule has 1 saturated heterocycles. The first kappa shape index (κ1) is 15.8. The summed E-state index contributed by atoms with van der Waals surface area (Å²) in [4.78, 5) is 14.3. The smallest absolute Gasteiger partial charge is 0.238 e. The van der Waals surface area contributed by atoms with Crippen LogP contribution in [0.15, 0.2) is 24.3 Å². The Morgan fingerprint density at radius 3 is 2.24 bits per heavy atom. The van der Waals surface area contributed by atoms with Crippen LogP contribution in [0.3, 0.4) is 0 Å². The molecule has 0 atom stereocenters. The van der Waals surface area contributed by atoms with E-state index in [1.165, 1.54) is 0 Å². The van der Waals surface area contributed by atoms with Crippen molar-refractivity contribution < 1.29 is 9.53 Å². The fourth-order valence-corrected chi connectivity index (χ4v) is 3.03. The number of nitrogens with one attached hydrogen (secondary N) is 1. The van der Waals surface area contributed by atoms with E-state index >= 15 is 0 Å². The number of hydrogen-bond donors (Lipinski definition) is 2. The molecule has 21 heavy (non-hydrogen) atoms. The molecule has 5 heteroatoms. The fourth-order valence-electron chi connectivity index (χ4n) is 3.03. The van der Waals surface area contributed by atoms with Crippen LogP contribution in [0.5, 0.6) is 0 Å². The summed E-state index contributed by atoms with van der Waals surface area (Å²) in [5, 5.41) is 2.89. The fraction of sp³-hybridized carbons (Fsp3) is 0.562. The number of benzene rings is 1. The third-order valence-corrected chi connectivity index (χ3v) is 3.32. The summed E-state index contributed by atoms with van der Waals surface area (Å²) < 4.78 is 6.02. The molecule has 0 spiro atoms. The second-order valence-electron chi connectivity index (χ2n) is 6.94. The molecule has 1 aliphatic rings. The Hall–Kier alpha value is -1.59. The van der Waals surface area contributed by atoms with Gasteiger partial charge in [0.15, 0.2) is 0 Å². The lowest BCUT2D eigenvalue weighted by atomic mass is 9.99. The van der Waals surface area contributed by atoms with Crippen LogP contribution in [-0.2, 0) is 9.53 Å². The molecular formula is C16H25N3O2. The highest BCUT2D eigenvalue weighted by molar-refractivity contribution is 5.92. The maximum atomic E-state index is 12.2. The summed E-state index contributed by atoms with van der Waals surface area (Å²) in [6, 6.07) is 7.16. The van der Waals surface area contributed by atoms with Gasteiger partial charge in [0.1, 0.15) is 0 Å². The van der Waals surface area contributed by atoms with E-state index < -0.39 is 0 Å². The Balaban J connectivity index is 1.94. The Morgan fingerprint density at radius 2 is 1.71 bits per heavy atom. The molecule has 1 heterocycles. The van der Waals surface area contributed by atoms with Gasteiger partial charge in [-0.1, -0.05) is 0 Å². The first-order valence-corrected chi connectivity index (χ1v) is 7.23. The first-order chi connectivity index (χ1) is 9.65. The number of nitrogen functional groups attached to an aromatic ring is 1. The van der Waals surface area contributed by atoms with Crippen molar-refractivity contribution in [1.29, 1.82) is 0 Å². The van der Waals surface area contributed by atoms with Crippen LogP contribution in [0.1, 0.15) is 27.7 Å². The molecule has 3 N–H and O–H groups in total. The van der Waals surface area contributed by atoms with Gasteiger partial charge in [-0.05, 0) is 52.0 Å². The number of ether oxygens (including phenoxy) is 1. The summed E-state index contributed by atoms with van der Waals surface area (Å²) >= 11 is 0. The number of anilines is 2. The molecule has 1 aromatic carbocycles. The van der Waals surface area contributed by atoms with Gasteiger partial charge in [0.2, 0.25) is 5.91 Å². The van der Waals surface area contributed by atoms with Gasteiger partial charge in [-0.2, -0.15) is 0 Å². The Kier molecular flexibility index (Phi) is 4.25. The molecule has 1 fully saturated rings. The maximum Gasteiger partial charge on any atom is 0.238 e. The number of rotatable bonds is 3. The minimum absolute atomic E-state index is 0.0201. The number of amides is 1. The summed E-state index contributed by atoms with van der Waals surface area (Å²) in [5.74, 6) is -0.0201. The highest BCUT2D eigenvalue weighted by Gasteiger charge is 2.38. The lowest BCUT2D eigenvalue weighted by molar-refractivity contribution is -0.180. The zero-order chi connectivity index (χ0) is 15.7. The molecule has 1 aromatic rings. The molecule has 0 aromatic heterocycles. The van der Waals surface area contributed by atoms with Gasteiger partial charge in [0.05, 0.1) is 17.7 Å². The highest BCUT2D eigenvalue weighted by atomic mass is 16.5. The lowest BCUT2D eigenvalue weighted by Gasteiger charge is -2.46. The van der Waals surface area contributed by atoms with Crippen LogP contribution in [0.25, 0.3) is 0 Å². The molecule has 0 aliphatic carbocycles. The Morgan fingerprint density at radius 1 is 1.19 bits per heavy atom. The van der Waals surface area contributed by atoms with E-state index in [0.717, 1.165) is 18.8 Å². The Labute approximate surface area is 126 Å². The SMILES string of the molecule is CC1(C)CN(CC(=O)Nc2ccc(N)cc2)CC(C)(C)O1. The van der Waals surface area contributed by atoms with E-state index in [-0.39, 0.29) is 17.1 Å². The Bertz CT molecular complexity index is 493. The van der Waals surface area contributed by atoms with Crippen LogP contribution < -0.4 is 11.1 Å². The van der Waals surface area contributed by atoms with Crippen molar-refractivity contribution in [3.8, 4) is 0 Å². The van der Waals surface area contributed by atoms with Crippen LogP contribution in [0, 0.1) is 0 Å². The van der Waals surface area contributed by atoms with Crippen LogP contribution in [0.2, 0.25) is 0 Å². The number of morpholine rings is 1. The summed E-state index contributed by atoms with van der Waals surface area (Å²) in [7, 11) is 0. The second kappa shape index (κ2) is 5.66. The van der Waals surface area contributed by atoms with Crippen LogP contribution >= 0.6 is 0 Å². The standard InChI is InChI=1S/C16H25N3O2/c1-15(2)10-19(11-16(3,4)21-15)9-14(20)18-13-7-5-12(17)6-8-13/h5-8H,9-11,17H2,1-4H3,(H,18,20). The number of carbonyl (C=O) groups excluding carboxylic acids is 1. The van der Waals surface area contributed by atoms with Gasteiger partial charge < -0.3 is 15.8 Å². The molecule has 0 unspecified atom stereocenters. The van der Waals surface area contributed by atoms with Crippen LogP contribution in [-0.4, -0.2) is 41.6 Å². The normalized spacial score (nSPS) is 21.0. The van der Waals surface area contributed by atoms with E-state index in [1.54, 1.807) is 24.3 Å². The number of carbonyl (C=O) groups is 1. The zero-order valence-electron chi connectivity index (χ0n) is 13.3. The summed E-state index contributed by atoms with van der Waals surface area (Å²) in [6.07, 6.45) is 0. The third-order valence-electron chi connectivity index (χ3n) is 3.32. The molecule has 0 saturated carbocycles. The van der Waals surface area contributed by atoms with Crippen molar-refractivity contribution >= 4 is 17.3 Å². The van der Waals surface area contributed by atoms with Gasteiger partial charge in [0.25, 0.3) is 0 Å². The van der Waals surface area contributed by atoms with Crippen molar-refractivity contribution in [2.75, 3.05) is 30.7 Å². The first-order valence-electron chi connectivity index (χ1n) is 7.23. The minimum atomic E-state index is -0.247. The second-order valence-corrected chi connectivity index (χ2v) is 6.94. The highest BCUT2D eigenvalue weighted by Crippen LogP contribution is 2.27. The molecule has 0 radical (unpaired) electrons. The molecule has 1 aliphatic heterocycles.